The molecule has 0 heterocycles. The van der Waals surface area contributed by atoms with Crippen LogP contribution in [0, 0.1) is 5.92 Å². The first-order valence-electron chi connectivity index (χ1n) is 16.6. The number of ether oxygens (including phenoxy) is 1. The minimum absolute atomic E-state index is 0. The molecule has 0 aliphatic heterocycles. The molecule has 5 heteroatoms. The maximum Gasteiger partial charge on any atom is 1.00 e. The van der Waals surface area contributed by atoms with Gasteiger partial charge in [0.25, 0.3) is 0 Å². The van der Waals surface area contributed by atoms with Gasteiger partial charge in [0.1, 0.15) is 0 Å². The van der Waals surface area contributed by atoms with Crippen molar-refractivity contribution in [3.05, 3.63) is 0 Å². The van der Waals surface area contributed by atoms with Crippen LogP contribution in [0.5, 0.6) is 0 Å². The Labute approximate surface area is 261 Å². The summed E-state index contributed by atoms with van der Waals surface area (Å²) in [5.41, 5.74) is 0. The van der Waals surface area contributed by atoms with Crippen LogP contribution in [0.15, 0.2) is 0 Å². The van der Waals surface area contributed by atoms with Crippen molar-refractivity contribution >= 4 is 5.97 Å². The molecule has 38 heavy (non-hydrogen) atoms. The Morgan fingerprint density at radius 1 is 0.605 bits per heavy atom. The first-order chi connectivity index (χ1) is 18.2. The molecule has 0 rings (SSSR count). The molecule has 0 aliphatic carbocycles. The molecular formula is C33H67NaO4. The number of esters is 1. The van der Waals surface area contributed by atoms with Gasteiger partial charge in [0.05, 0.1) is 25.2 Å². The van der Waals surface area contributed by atoms with Crippen molar-refractivity contribution < 1.29 is 50.7 Å². The number of unbranched alkanes of at least 4 members (excludes halogenated alkanes) is 22. The van der Waals surface area contributed by atoms with Crippen molar-refractivity contribution in [2.24, 2.45) is 5.92 Å². The molecule has 0 aromatic carbocycles. The zero-order valence-corrected chi connectivity index (χ0v) is 28.2. The van der Waals surface area contributed by atoms with Gasteiger partial charge in [0, 0.05) is 0 Å². The average Bonchev–Trinajstić information content (AvgIpc) is 2.90. The Bertz CT molecular complexity index is 467. The Morgan fingerprint density at radius 3 is 1.32 bits per heavy atom. The normalized spacial score (nSPS) is 12.7. The molecule has 0 amide bonds. The molecule has 0 saturated heterocycles. The molecule has 0 bridgehead atoms. The smallest absolute Gasteiger partial charge is 1.00 e. The molecule has 0 radical (unpaired) electrons. The number of hydrogen-bond donors (Lipinski definition) is 2. The van der Waals surface area contributed by atoms with Gasteiger partial charge in [-0.25, -0.2) is 0 Å². The molecule has 0 saturated carbocycles. The van der Waals surface area contributed by atoms with Crippen LogP contribution in [0.25, 0.3) is 0 Å². The predicted octanol–water partition coefficient (Wildman–Crippen LogP) is 6.80. The van der Waals surface area contributed by atoms with Crippen LogP contribution < -0.4 is 29.6 Å². The van der Waals surface area contributed by atoms with E-state index in [2.05, 4.69) is 13.8 Å². The number of rotatable bonds is 30. The molecule has 224 valence electrons. The third-order valence-electron chi connectivity index (χ3n) is 7.75. The summed E-state index contributed by atoms with van der Waals surface area (Å²) < 4.78 is 5.56. The maximum absolute atomic E-state index is 12.6. The standard InChI is InChI=1S/C33H66O4.Na.H/c1-3-5-7-9-11-13-15-16-17-18-19-21-23-25-27-31(29-32(35)30-34)33(36)37-28-26-24-22-20-14-12-10-8-6-4-2;;/h31-32,34-35H,3-30H2,1-2H3;;/q;+1;-1. The van der Waals surface area contributed by atoms with Crippen molar-refractivity contribution in [2.45, 2.75) is 187 Å². The van der Waals surface area contributed by atoms with Gasteiger partial charge in [0.2, 0.25) is 0 Å². The average molecular weight is 551 g/mol. The zero-order chi connectivity index (χ0) is 27.2. The van der Waals surface area contributed by atoms with Gasteiger partial charge in [-0.15, -0.1) is 0 Å². The summed E-state index contributed by atoms with van der Waals surface area (Å²) in [5.74, 6) is -0.472. The summed E-state index contributed by atoms with van der Waals surface area (Å²) in [4.78, 5) is 12.6. The predicted molar refractivity (Wildman–Crippen MR) is 160 cm³/mol. The van der Waals surface area contributed by atoms with E-state index >= 15 is 0 Å². The fourth-order valence-corrected chi connectivity index (χ4v) is 5.20. The second-order valence-corrected chi connectivity index (χ2v) is 11.5. The van der Waals surface area contributed by atoms with E-state index in [4.69, 9.17) is 4.74 Å². The van der Waals surface area contributed by atoms with Crippen molar-refractivity contribution in [3.63, 3.8) is 0 Å². The second-order valence-electron chi connectivity index (χ2n) is 11.5. The Morgan fingerprint density at radius 2 is 0.947 bits per heavy atom. The number of carbonyl (C=O) groups excluding carboxylic acids is 1. The van der Waals surface area contributed by atoms with Gasteiger partial charge in [-0.2, -0.15) is 0 Å². The fourth-order valence-electron chi connectivity index (χ4n) is 5.20. The van der Waals surface area contributed by atoms with Crippen LogP contribution >= 0.6 is 0 Å². The van der Waals surface area contributed by atoms with E-state index in [0.717, 1.165) is 32.1 Å². The minimum atomic E-state index is -0.832. The summed E-state index contributed by atoms with van der Waals surface area (Å²) in [5, 5.41) is 19.1. The van der Waals surface area contributed by atoms with E-state index < -0.39 is 6.10 Å². The van der Waals surface area contributed by atoms with Crippen molar-refractivity contribution in [1.82, 2.24) is 0 Å². The maximum atomic E-state index is 12.6. The van der Waals surface area contributed by atoms with Gasteiger partial charge < -0.3 is 16.4 Å². The van der Waals surface area contributed by atoms with Crippen molar-refractivity contribution in [3.8, 4) is 0 Å². The Balaban J connectivity index is -0.00000648. The van der Waals surface area contributed by atoms with E-state index in [1.54, 1.807) is 0 Å². The van der Waals surface area contributed by atoms with Crippen LogP contribution in [0.1, 0.15) is 182 Å². The summed E-state index contributed by atoms with van der Waals surface area (Å²) in [6.45, 7) is 4.72. The largest absolute Gasteiger partial charge is 1.00 e. The Hall–Kier alpha value is 0.390. The molecule has 0 spiro atoms. The Kier molecular flexibility index (Phi) is 35.8. The summed E-state index contributed by atoms with van der Waals surface area (Å²) in [6.07, 6.45) is 31.3. The van der Waals surface area contributed by atoms with Gasteiger partial charge in [-0.1, -0.05) is 162 Å². The topological polar surface area (TPSA) is 66.8 Å². The van der Waals surface area contributed by atoms with Gasteiger partial charge in [-0.05, 0) is 19.3 Å². The molecular weight excluding hydrogens is 483 g/mol. The number of aliphatic hydroxyl groups excluding tert-OH is 2. The SMILES string of the molecule is CCCCCCCCCCCCCCCCC(CC(O)CO)C(=O)OCCCCCCCCCCCC.[H-].[Na+]. The molecule has 0 aliphatic rings. The van der Waals surface area contributed by atoms with Crippen molar-refractivity contribution in [2.75, 3.05) is 13.2 Å². The second kappa shape index (κ2) is 33.6. The van der Waals surface area contributed by atoms with Gasteiger partial charge in [0.15, 0.2) is 0 Å². The minimum Gasteiger partial charge on any atom is -1.00 e. The van der Waals surface area contributed by atoms with E-state index in [9.17, 15) is 15.0 Å². The molecule has 2 atom stereocenters. The first-order valence-corrected chi connectivity index (χ1v) is 16.6. The van der Waals surface area contributed by atoms with Crippen LogP contribution in [-0.4, -0.2) is 35.5 Å². The van der Waals surface area contributed by atoms with E-state index in [1.807, 2.05) is 0 Å². The monoisotopic (exact) mass is 550 g/mol. The van der Waals surface area contributed by atoms with Crippen LogP contribution in [0.4, 0.5) is 0 Å². The molecule has 2 unspecified atom stereocenters. The van der Waals surface area contributed by atoms with E-state index in [1.165, 1.54) is 128 Å². The summed E-state index contributed by atoms with van der Waals surface area (Å²) in [7, 11) is 0. The molecule has 0 fully saturated rings. The van der Waals surface area contributed by atoms with Crippen LogP contribution in [0.3, 0.4) is 0 Å². The number of aliphatic hydroxyl groups is 2. The summed E-state index contributed by atoms with van der Waals surface area (Å²) >= 11 is 0. The number of hydrogen-bond acceptors (Lipinski definition) is 4. The first kappa shape index (κ1) is 40.5. The molecule has 0 aromatic heterocycles. The molecule has 2 N–H and O–H groups in total. The van der Waals surface area contributed by atoms with Crippen molar-refractivity contribution in [1.29, 1.82) is 0 Å². The number of carbonyl (C=O) groups is 1. The quantitative estimate of drug-likeness (QED) is 0.0586. The molecule has 0 aromatic rings. The molecule has 4 nitrogen and oxygen atoms in total. The van der Waals surface area contributed by atoms with Gasteiger partial charge in [-0.3, -0.25) is 4.79 Å². The third-order valence-corrected chi connectivity index (χ3v) is 7.75. The summed E-state index contributed by atoms with van der Waals surface area (Å²) in [6, 6.07) is 0. The van der Waals surface area contributed by atoms with E-state index in [0.29, 0.717) is 13.0 Å². The van der Waals surface area contributed by atoms with Gasteiger partial charge >= 0.3 is 35.5 Å². The van der Waals surface area contributed by atoms with Crippen LogP contribution in [0.2, 0.25) is 0 Å². The fraction of sp³-hybridized carbons (Fsp3) is 0.970. The van der Waals surface area contributed by atoms with Crippen LogP contribution in [-0.2, 0) is 9.53 Å². The van der Waals surface area contributed by atoms with E-state index in [-0.39, 0.29) is 49.5 Å². The zero-order valence-electron chi connectivity index (χ0n) is 27.2. The third kappa shape index (κ3) is 29.4.